The summed E-state index contributed by atoms with van der Waals surface area (Å²) in [6.07, 6.45) is -0.421. The summed E-state index contributed by atoms with van der Waals surface area (Å²) in [5.41, 5.74) is 1.67. The predicted octanol–water partition coefficient (Wildman–Crippen LogP) is 4.12. The van der Waals surface area contributed by atoms with Gasteiger partial charge in [0.15, 0.2) is 6.10 Å². The molecule has 0 fully saturated rings. The molecule has 1 atom stereocenters. The van der Waals surface area contributed by atoms with Crippen LogP contribution in [0.1, 0.15) is 31.1 Å². The summed E-state index contributed by atoms with van der Waals surface area (Å²) in [4.78, 5) is 1.98. The summed E-state index contributed by atoms with van der Waals surface area (Å²) in [5.74, 6) is 0.207. The van der Waals surface area contributed by atoms with Crippen LogP contribution in [0.2, 0.25) is 0 Å². The second-order valence-corrected chi connectivity index (χ2v) is 5.25. The Morgan fingerprint density at radius 2 is 1.64 bits per heavy atom. The lowest BCUT2D eigenvalue weighted by atomic mass is 10.0. The maximum absolute atomic E-state index is 10.2. The fourth-order valence-corrected chi connectivity index (χ4v) is 2.66. The molecule has 0 aliphatic heterocycles. The summed E-state index contributed by atoms with van der Waals surface area (Å²) >= 11 is 5.42. The van der Waals surface area contributed by atoms with Crippen molar-refractivity contribution in [2.24, 2.45) is 0 Å². The van der Waals surface area contributed by atoms with Crippen molar-refractivity contribution in [2.75, 3.05) is 13.1 Å². The SMILES string of the molecule is CCN(CC)C(=S)OC(c1ccccc1)c1ccccc1O. The summed E-state index contributed by atoms with van der Waals surface area (Å²) in [6, 6.07) is 17.0. The van der Waals surface area contributed by atoms with Crippen molar-refractivity contribution in [3.05, 3.63) is 65.7 Å². The molecule has 0 aliphatic carbocycles. The number of hydrogen-bond acceptors (Lipinski definition) is 3. The van der Waals surface area contributed by atoms with E-state index in [9.17, 15) is 5.11 Å². The Morgan fingerprint density at radius 3 is 2.23 bits per heavy atom. The fraction of sp³-hybridized carbons (Fsp3) is 0.278. The third-order valence-corrected chi connectivity index (χ3v) is 3.92. The molecule has 1 N–H and O–H groups in total. The van der Waals surface area contributed by atoms with Crippen molar-refractivity contribution in [3.63, 3.8) is 0 Å². The molecular weight excluding hydrogens is 294 g/mol. The van der Waals surface area contributed by atoms with Crippen LogP contribution in [0, 0.1) is 0 Å². The van der Waals surface area contributed by atoms with Crippen molar-refractivity contribution < 1.29 is 9.84 Å². The zero-order valence-corrected chi connectivity index (χ0v) is 13.7. The molecule has 0 heterocycles. The highest BCUT2D eigenvalue weighted by Gasteiger charge is 2.21. The maximum atomic E-state index is 10.2. The van der Waals surface area contributed by atoms with Gasteiger partial charge in [0.05, 0.1) is 0 Å². The quantitative estimate of drug-likeness (QED) is 0.841. The van der Waals surface area contributed by atoms with Crippen LogP contribution < -0.4 is 0 Å². The molecule has 3 nitrogen and oxygen atoms in total. The van der Waals surface area contributed by atoms with Gasteiger partial charge in [0, 0.05) is 18.7 Å². The van der Waals surface area contributed by atoms with Crippen LogP contribution in [-0.2, 0) is 4.74 Å². The van der Waals surface area contributed by atoms with E-state index in [1.807, 2.05) is 61.2 Å². The number of aromatic hydroxyl groups is 1. The lowest BCUT2D eigenvalue weighted by Crippen LogP contribution is -2.32. The van der Waals surface area contributed by atoms with E-state index in [0.717, 1.165) is 18.7 Å². The van der Waals surface area contributed by atoms with Crippen molar-refractivity contribution in [1.82, 2.24) is 4.90 Å². The lowest BCUT2D eigenvalue weighted by Gasteiger charge is -2.27. The summed E-state index contributed by atoms with van der Waals surface area (Å²) in [6.45, 7) is 5.66. The number of phenols is 1. The van der Waals surface area contributed by atoms with Crippen LogP contribution in [0.15, 0.2) is 54.6 Å². The Labute approximate surface area is 137 Å². The molecule has 4 heteroatoms. The van der Waals surface area contributed by atoms with Crippen LogP contribution >= 0.6 is 12.2 Å². The van der Waals surface area contributed by atoms with E-state index in [0.29, 0.717) is 10.7 Å². The van der Waals surface area contributed by atoms with E-state index in [4.69, 9.17) is 17.0 Å². The largest absolute Gasteiger partial charge is 0.508 e. The standard InChI is InChI=1S/C18H21NO2S/c1-3-19(4-2)18(22)21-17(14-10-6-5-7-11-14)15-12-8-9-13-16(15)20/h5-13,17,20H,3-4H2,1-2H3. The average molecular weight is 315 g/mol. The molecule has 0 aliphatic rings. The summed E-state index contributed by atoms with van der Waals surface area (Å²) in [5, 5.41) is 10.6. The molecule has 116 valence electrons. The van der Waals surface area contributed by atoms with E-state index in [2.05, 4.69) is 0 Å². The van der Waals surface area contributed by atoms with Crippen molar-refractivity contribution in [1.29, 1.82) is 0 Å². The van der Waals surface area contributed by atoms with Gasteiger partial charge in [-0.25, -0.2) is 0 Å². The van der Waals surface area contributed by atoms with Crippen molar-refractivity contribution in [2.45, 2.75) is 20.0 Å². The molecule has 0 bridgehead atoms. The fourth-order valence-electron chi connectivity index (χ4n) is 2.31. The Balaban J connectivity index is 2.35. The molecule has 2 aromatic rings. The molecule has 0 amide bonds. The molecule has 0 saturated carbocycles. The number of hydrogen-bond donors (Lipinski definition) is 1. The second-order valence-electron chi connectivity index (χ2n) is 4.91. The minimum Gasteiger partial charge on any atom is -0.508 e. The minimum atomic E-state index is -0.421. The van der Waals surface area contributed by atoms with Gasteiger partial charge in [-0.3, -0.25) is 0 Å². The summed E-state index contributed by atoms with van der Waals surface area (Å²) in [7, 11) is 0. The zero-order valence-electron chi connectivity index (χ0n) is 12.9. The van der Waals surface area contributed by atoms with Crippen LogP contribution in [0.25, 0.3) is 0 Å². The first-order valence-corrected chi connectivity index (χ1v) is 7.86. The smallest absolute Gasteiger partial charge is 0.260 e. The van der Waals surface area contributed by atoms with E-state index in [-0.39, 0.29) is 5.75 Å². The molecule has 0 radical (unpaired) electrons. The number of ether oxygens (including phenoxy) is 1. The third-order valence-electron chi connectivity index (χ3n) is 3.56. The summed E-state index contributed by atoms with van der Waals surface area (Å²) < 4.78 is 6.04. The van der Waals surface area contributed by atoms with Crippen LogP contribution in [-0.4, -0.2) is 28.3 Å². The van der Waals surface area contributed by atoms with Gasteiger partial charge in [-0.15, -0.1) is 0 Å². The van der Waals surface area contributed by atoms with Crippen molar-refractivity contribution >= 4 is 17.4 Å². The van der Waals surface area contributed by atoms with E-state index < -0.39 is 6.10 Å². The van der Waals surface area contributed by atoms with E-state index in [1.54, 1.807) is 12.1 Å². The molecule has 0 spiro atoms. The molecule has 2 aromatic carbocycles. The molecular formula is C18H21NO2S. The number of thiocarbonyl (C=S) groups is 1. The Bertz CT molecular complexity index is 611. The van der Waals surface area contributed by atoms with Gasteiger partial charge < -0.3 is 14.7 Å². The topological polar surface area (TPSA) is 32.7 Å². The Kier molecular flexibility index (Phi) is 5.78. The Hall–Kier alpha value is -2.07. The molecule has 1 unspecified atom stereocenters. The number of phenolic OH excluding ortho intramolecular Hbond substituents is 1. The first-order valence-electron chi connectivity index (χ1n) is 7.45. The van der Waals surface area contributed by atoms with E-state index in [1.165, 1.54) is 0 Å². The van der Waals surface area contributed by atoms with Crippen molar-refractivity contribution in [3.8, 4) is 5.75 Å². The maximum Gasteiger partial charge on any atom is 0.260 e. The number of para-hydroxylation sites is 1. The first kappa shape index (κ1) is 16.3. The highest BCUT2D eigenvalue weighted by atomic mass is 32.1. The average Bonchev–Trinajstić information content (AvgIpc) is 2.55. The highest BCUT2D eigenvalue weighted by Crippen LogP contribution is 2.32. The van der Waals surface area contributed by atoms with Crippen LogP contribution in [0.3, 0.4) is 0 Å². The molecule has 2 rings (SSSR count). The molecule has 0 saturated heterocycles. The molecule has 22 heavy (non-hydrogen) atoms. The lowest BCUT2D eigenvalue weighted by molar-refractivity contribution is 0.190. The number of rotatable bonds is 5. The van der Waals surface area contributed by atoms with Gasteiger partial charge >= 0.3 is 0 Å². The van der Waals surface area contributed by atoms with E-state index >= 15 is 0 Å². The van der Waals surface area contributed by atoms with Crippen LogP contribution in [0.4, 0.5) is 0 Å². The van der Waals surface area contributed by atoms with Gasteiger partial charge in [-0.1, -0.05) is 48.5 Å². The van der Waals surface area contributed by atoms with Gasteiger partial charge in [-0.05, 0) is 37.7 Å². The van der Waals surface area contributed by atoms with Gasteiger partial charge in [0.2, 0.25) is 0 Å². The highest BCUT2D eigenvalue weighted by molar-refractivity contribution is 7.80. The zero-order chi connectivity index (χ0) is 15.9. The van der Waals surface area contributed by atoms with Gasteiger partial charge in [0.1, 0.15) is 5.75 Å². The normalized spacial score (nSPS) is 11.7. The molecule has 0 aromatic heterocycles. The minimum absolute atomic E-state index is 0.207. The first-order chi connectivity index (χ1) is 10.7. The van der Waals surface area contributed by atoms with Gasteiger partial charge in [0.25, 0.3) is 5.17 Å². The Morgan fingerprint density at radius 1 is 1.05 bits per heavy atom. The van der Waals surface area contributed by atoms with Crippen LogP contribution in [0.5, 0.6) is 5.75 Å². The third kappa shape index (κ3) is 3.77. The van der Waals surface area contributed by atoms with Gasteiger partial charge in [-0.2, -0.15) is 0 Å². The second kappa shape index (κ2) is 7.80. The predicted molar refractivity (Wildman–Crippen MR) is 93.0 cm³/mol. The number of nitrogens with zero attached hydrogens (tertiary/aromatic N) is 1. The monoisotopic (exact) mass is 315 g/mol. The number of benzene rings is 2.